The molecular weight excluding hydrogens is 369 g/mol. The average Bonchev–Trinajstić information content (AvgIpc) is 2.83. The highest BCUT2D eigenvalue weighted by Gasteiger charge is 2.33. The number of carbonyl (C=O) groups excluding carboxylic acids is 1. The van der Waals surface area contributed by atoms with Crippen LogP contribution in [0.15, 0.2) is 54.6 Å². The van der Waals surface area contributed by atoms with Crippen LogP contribution in [0.25, 0.3) is 0 Å². The molecule has 0 radical (unpaired) electrons. The van der Waals surface area contributed by atoms with Crippen molar-refractivity contribution in [1.29, 1.82) is 0 Å². The van der Waals surface area contributed by atoms with E-state index in [-0.39, 0.29) is 11.3 Å². The Hall–Kier alpha value is -1.01. The molecule has 1 aliphatic heterocycles. The van der Waals surface area contributed by atoms with Crippen LogP contribution in [0.2, 0.25) is 0 Å². The second kappa shape index (κ2) is 5.54. The Morgan fingerprint density at radius 2 is 1.74 bits per heavy atom. The lowest BCUT2D eigenvalue weighted by atomic mass is 10.2. The average molecular weight is 381 g/mol. The lowest BCUT2D eigenvalue weighted by Gasteiger charge is -2.24. The van der Waals surface area contributed by atoms with Crippen molar-refractivity contribution < 1.29 is 4.79 Å². The predicted molar refractivity (Wildman–Crippen MR) is 88.3 cm³/mol. The first-order valence-corrected chi connectivity index (χ1v) is 8.12. The predicted octanol–water partition coefficient (Wildman–Crippen LogP) is 4.07. The van der Waals surface area contributed by atoms with Crippen LogP contribution < -0.4 is 4.90 Å². The van der Waals surface area contributed by atoms with E-state index < -0.39 is 0 Å². The van der Waals surface area contributed by atoms with Crippen LogP contribution in [0.1, 0.15) is 10.9 Å². The third-order valence-electron chi connectivity index (χ3n) is 3.06. The number of hydrogen-bond acceptors (Lipinski definition) is 2. The van der Waals surface area contributed by atoms with Gasteiger partial charge in [-0.25, -0.2) is 0 Å². The minimum absolute atomic E-state index is 0.0914. The highest BCUT2D eigenvalue weighted by Crippen LogP contribution is 2.41. The lowest BCUT2D eigenvalue weighted by molar-refractivity contribution is -0.115. The summed E-state index contributed by atoms with van der Waals surface area (Å²) < 4.78 is 1.18. The summed E-state index contributed by atoms with van der Waals surface area (Å²) in [6.07, 6.45) is 0. The van der Waals surface area contributed by atoms with Gasteiger partial charge in [0.1, 0.15) is 5.37 Å². The van der Waals surface area contributed by atoms with Crippen molar-refractivity contribution in [2.24, 2.45) is 0 Å². The molecule has 0 aromatic heterocycles. The van der Waals surface area contributed by atoms with E-state index in [1.165, 1.54) is 9.13 Å². The van der Waals surface area contributed by atoms with E-state index in [9.17, 15) is 4.79 Å². The van der Waals surface area contributed by atoms with E-state index in [1.54, 1.807) is 11.8 Å². The Labute approximate surface area is 130 Å². The van der Waals surface area contributed by atoms with Gasteiger partial charge in [-0.2, -0.15) is 0 Å². The zero-order valence-corrected chi connectivity index (χ0v) is 13.1. The van der Waals surface area contributed by atoms with Gasteiger partial charge in [-0.3, -0.25) is 9.69 Å². The Kier molecular flexibility index (Phi) is 3.79. The summed E-state index contributed by atoms with van der Waals surface area (Å²) in [6.45, 7) is 0. The minimum atomic E-state index is 0.0914. The Bertz CT molecular complexity index is 585. The second-order valence-corrected chi connectivity index (χ2v) is 6.63. The summed E-state index contributed by atoms with van der Waals surface area (Å²) in [7, 11) is 0. The molecule has 0 N–H and O–H groups in total. The number of anilines is 1. The first-order chi connectivity index (χ1) is 9.25. The summed E-state index contributed by atoms with van der Waals surface area (Å²) in [5, 5.41) is 0.0914. The van der Waals surface area contributed by atoms with Gasteiger partial charge in [-0.05, 0) is 52.4 Å². The maximum Gasteiger partial charge on any atom is 0.238 e. The summed E-state index contributed by atoms with van der Waals surface area (Å²) in [5.41, 5.74) is 2.15. The Morgan fingerprint density at radius 3 is 2.42 bits per heavy atom. The molecule has 19 heavy (non-hydrogen) atoms. The molecule has 1 unspecified atom stereocenters. The fourth-order valence-electron chi connectivity index (χ4n) is 2.17. The van der Waals surface area contributed by atoms with Crippen LogP contribution in [0.5, 0.6) is 0 Å². The zero-order valence-electron chi connectivity index (χ0n) is 10.1. The summed E-state index contributed by atoms with van der Waals surface area (Å²) in [5.74, 6) is 0.728. The van der Waals surface area contributed by atoms with Crippen molar-refractivity contribution in [3.05, 3.63) is 63.7 Å². The van der Waals surface area contributed by atoms with E-state index in [0.717, 1.165) is 5.69 Å². The first-order valence-electron chi connectivity index (χ1n) is 6.00. The zero-order chi connectivity index (χ0) is 13.2. The van der Waals surface area contributed by atoms with Gasteiger partial charge < -0.3 is 0 Å². The van der Waals surface area contributed by atoms with Gasteiger partial charge in [0.25, 0.3) is 0 Å². The van der Waals surface area contributed by atoms with E-state index in [1.807, 2.05) is 47.4 Å². The quantitative estimate of drug-likeness (QED) is 0.731. The fraction of sp³-hybridized carbons (Fsp3) is 0.133. The molecule has 1 fully saturated rings. The van der Waals surface area contributed by atoms with Crippen LogP contribution in [0, 0.1) is 3.57 Å². The van der Waals surface area contributed by atoms with Crippen molar-refractivity contribution in [3.8, 4) is 0 Å². The van der Waals surface area contributed by atoms with Crippen molar-refractivity contribution in [3.63, 3.8) is 0 Å². The summed E-state index contributed by atoms with van der Waals surface area (Å²) >= 11 is 3.96. The molecule has 1 heterocycles. The molecule has 2 aromatic carbocycles. The molecule has 0 spiro atoms. The third-order valence-corrected chi connectivity index (χ3v) is 4.99. The summed E-state index contributed by atoms with van der Waals surface area (Å²) in [4.78, 5) is 14.0. The molecule has 96 valence electrons. The number of rotatable bonds is 2. The Balaban J connectivity index is 1.97. The number of benzene rings is 2. The van der Waals surface area contributed by atoms with Gasteiger partial charge in [0.15, 0.2) is 0 Å². The van der Waals surface area contributed by atoms with Gasteiger partial charge >= 0.3 is 0 Å². The van der Waals surface area contributed by atoms with Gasteiger partial charge in [-0.1, -0.05) is 30.3 Å². The molecule has 3 rings (SSSR count). The van der Waals surface area contributed by atoms with Gasteiger partial charge in [0.2, 0.25) is 5.91 Å². The first kappa shape index (κ1) is 13.0. The highest BCUT2D eigenvalue weighted by molar-refractivity contribution is 14.1. The molecule has 4 heteroatoms. The number of halogens is 1. The van der Waals surface area contributed by atoms with Gasteiger partial charge in [-0.15, -0.1) is 11.8 Å². The lowest BCUT2D eigenvalue weighted by Crippen LogP contribution is -2.27. The van der Waals surface area contributed by atoms with Crippen molar-refractivity contribution in [1.82, 2.24) is 0 Å². The molecule has 1 saturated heterocycles. The maximum atomic E-state index is 12.1. The SMILES string of the molecule is O=C1CSC(c2ccccc2)N1c1ccc(I)cc1. The molecule has 1 aliphatic rings. The molecular formula is C15H12INOS. The van der Waals surface area contributed by atoms with E-state index in [4.69, 9.17) is 0 Å². The van der Waals surface area contributed by atoms with Gasteiger partial charge in [0, 0.05) is 9.26 Å². The molecule has 0 bridgehead atoms. The molecule has 2 nitrogen and oxygen atoms in total. The molecule has 2 aromatic rings. The smallest absolute Gasteiger partial charge is 0.238 e. The van der Waals surface area contributed by atoms with E-state index >= 15 is 0 Å². The number of carbonyl (C=O) groups is 1. The largest absolute Gasteiger partial charge is 0.295 e. The number of thioether (sulfide) groups is 1. The normalized spacial score (nSPS) is 18.9. The Morgan fingerprint density at radius 1 is 1.05 bits per heavy atom. The van der Waals surface area contributed by atoms with Crippen LogP contribution in [-0.2, 0) is 4.79 Å². The van der Waals surface area contributed by atoms with Crippen molar-refractivity contribution >= 4 is 45.9 Å². The van der Waals surface area contributed by atoms with Crippen molar-refractivity contribution in [2.75, 3.05) is 10.7 Å². The van der Waals surface area contributed by atoms with E-state index in [0.29, 0.717) is 5.75 Å². The highest BCUT2D eigenvalue weighted by atomic mass is 127. The van der Waals surface area contributed by atoms with E-state index in [2.05, 4.69) is 34.7 Å². The number of hydrogen-bond donors (Lipinski definition) is 0. The maximum absolute atomic E-state index is 12.1. The van der Waals surface area contributed by atoms with Crippen LogP contribution >= 0.6 is 34.4 Å². The topological polar surface area (TPSA) is 20.3 Å². The standard InChI is InChI=1S/C15H12INOS/c16-12-6-8-13(9-7-12)17-14(18)10-19-15(17)11-4-2-1-3-5-11/h1-9,15H,10H2. The molecule has 0 aliphatic carbocycles. The minimum Gasteiger partial charge on any atom is -0.295 e. The monoisotopic (exact) mass is 381 g/mol. The van der Waals surface area contributed by atoms with Crippen LogP contribution in [0.3, 0.4) is 0 Å². The number of nitrogens with zero attached hydrogens (tertiary/aromatic N) is 1. The third kappa shape index (κ3) is 2.65. The molecule has 1 atom stereocenters. The molecule has 0 saturated carbocycles. The summed E-state index contributed by atoms with van der Waals surface area (Å²) in [6, 6.07) is 18.3. The van der Waals surface area contributed by atoms with Crippen LogP contribution in [0.4, 0.5) is 5.69 Å². The van der Waals surface area contributed by atoms with Crippen LogP contribution in [-0.4, -0.2) is 11.7 Å². The van der Waals surface area contributed by atoms with Crippen molar-refractivity contribution in [2.45, 2.75) is 5.37 Å². The number of amides is 1. The van der Waals surface area contributed by atoms with Gasteiger partial charge in [0.05, 0.1) is 5.75 Å². The molecule has 1 amide bonds. The fourth-order valence-corrected chi connectivity index (χ4v) is 3.71. The second-order valence-electron chi connectivity index (χ2n) is 4.31.